The molecule has 96 valence electrons. The van der Waals surface area contributed by atoms with Crippen molar-refractivity contribution in [1.29, 1.82) is 5.26 Å². The number of nitriles is 1. The smallest absolute Gasteiger partial charge is 0.335 e. The highest BCUT2D eigenvalue weighted by atomic mass is 32.2. The summed E-state index contributed by atoms with van der Waals surface area (Å²) in [6.07, 6.45) is 0. The molecule has 0 spiro atoms. The molecule has 7 heteroatoms. The number of sulfonamides is 1. The van der Waals surface area contributed by atoms with Crippen LogP contribution in [-0.2, 0) is 16.6 Å². The highest BCUT2D eigenvalue weighted by Gasteiger charge is 2.19. The fourth-order valence-electron chi connectivity index (χ4n) is 1.19. The number of rotatable bonds is 5. The van der Waals surface area contributed by atoms with Crippen molar-refractivity contribution in [3.8, 4) is 6.07 Å². The summed E-state index contributed by atoms with van der Waals surface area (Å²) in [5.74, 6) is -1.08. The molecule has 0 saturated carbocycles. The minimum Gasteiger partial charge on any atom is -0.478 e. The van der Waals surface area contributed by atoms with Gasteiger partial charge in [-0.1, -0.05) is 12.1 Å². The Hall–Kier alpha value is -1.91. The number of hydrogen-bond acceptors (Lipinski definition) is 4. The Morgan fingerprint density at radius 1 is 1.56 bits per heavy atom. The second kappa shape index (κ2) is 5.62. The summed E-state index contributed by atoms with van der Waals surface area (Å²) >= 11 is 0. The maximum Gasteiger partial charge on any atom is 0.335 e. The average molecular weight is 268 g/mol. The van der Waals surface area contributed by atoms with Gasteiger partial charge in [-0.05, 0) is 24.6 Å². The first kappa shape index (κ1) is 14.2. The van der Waals surface area contributed by atoms with Gasteiger partial charge in [0.05, 0.1) is 11.6 Å². The Balaban J connectivity index is 2.79. The van der Waals surface area contributed by atoms with Crippen LogP contribution < -0.4 is 4.72 Å². The highest BCUT2D eigenvalue weighted by Crippen LogP contribution is 2.06. The molecule has 0 heterocycles. The SMILES string of the molecule is CC(C#N)S(=O)(=O)NCc1cccc(C(=O)O)c1. The van der Waals surface area contributed by atoms with Crippen molar-refractivity contribution in [3.63, 3.8) is 0 Å². The van der Waals surface area contributed by atoms with Gasteiger partial charge in [0.2, 0.25) is 10.0 Å². The van der Waals surface area contributed by atoms with E-state index in [1.807, 2.05) is 0 Å². The highest BCUT2D eigenvalue weighted by molar-refractivity contribution is 7.90. The van der Waals surface area contributed by atoms with Crippen LogP contribution in [0.5, 0.6) is 0 Å². The van der Waals surface area contributed by atoms with Crippen LogP contribution in [0, 0.1) is 11.3 Å². The minimum atomic E-state index is -3.70. The predicted octanol–water partition coefficient (Wildman–Crippen LogP) is 0.716. The molecule has 1 unspecified atom stereocenters. The predicted molar refractivity (Wildman–Crippen MR) is 64.2 cm³/mol. The Labute approximate surface area is 105 Å². The number of nitrogens with zero attached hydrogens (tertiary/aromatic N) is 1. The van der Waals surface area contributed by atoms with E-state index in [2.05, 4.69) is 4.72 Å². The lowest BCUT2D eigenvalue weighted by Crippen LogP contribution is -2.31. The van der Waals surface area contributed by atoms with Crippen LogP contribution in [0.4, 0.5) is 0 Å². The van der Waals surface area contributed by atoms with Gasteiger partial charge in [0.25, 0.3) is 0 Å². The van der Waals surface area contributed by atoms with Gasteiger partial charge >= 0.3 is 5.97 Å². The zero-order chi connectivity index (χ0) is 13.8. The molecule has 0 bridgehead atoms. The summed E-state index contributed by atoms with van der Waals surface area (Å²) < 4.78 is 25.3. The standard InChI is InChI=1S/C11H12N2O4S/c1-8(6-12)18(16,17)13-7-9-3-2-4-10(5-9)11(14)15/h2-5,8,13H,7H2,1H3,(H,14,15). The third kappa shape index (κ3) is 3.55. The summed E-state index contributed by atoms with van der Waals surface area (Å²) in [6, 6.07) is 7.55. The van der Waals surface area contributed by atoms with E-state index in [1.54, 1.807) is 12.1 Å². The van der Waals surface area contributed by atoms with Crippen molar-refractivity contribution in [2.45, 2.75) is 18.7 Å². The van der Waals surface area contributed by atoms with E-state index in [1.165, 1.54) is 25.1 Å². The first-order valence-electron chi connectivity index (χ1n) is 5.07. The molecule has 18 heavy (non-hydrogen) atoms. The largest absolute Gasteiger partial charge is 0.478 e. The summed E-state index contributed by atoms with van der Waals surface area (Å²) in [4.78, 5) is 10.7. The lowest BCUT2D eigenvalue weighted by atomic mass is 10.1. The van der Waals surface area contributed by atoms with Crippen LogP contribution in [0.1, 0.15) is 22.8 Å². The molecule has 0 radical (unpaired) electrons. The molecular formula is C11H12N2O4S. The molecule has 0 aliphatic carbocycles. The Morgan fingerprint density at radius 3 is 2.78 bits per heavy atom. The monoisotopic (exact) mass is 268 g/mol. The van der Waals surface area contributed by atoms with Crippen molar-refractivity contribution >= 4 is 16.0 Å². The fraction of sp³-hybridized carbons (Fsp3) is 0.273. The summed E-state index contributed by atoms with van der Waals surface area (Å²) in [6.45, 7) is 1.23. The maximum atomic E-state index is 11.5. The first-order valence-corrected chi connectivity index (χ1v) is 6.62. The van der Waals surface area contributed by atoms with Gasteiger partial charge in [-0.25, -0.2) is 17.9 Å². The molecule has 0 fully saturated rings. The third-order valence-corrected chi connectivity index (χ3v) is 3.88. The van der Waals surface area contributed by atoms with Crippen molar-refractivity contribution in [3.05, 3.63) is 35.4 Å². The minimum absolute atomic E-state index is 0.0462. The molecule has 1 atom stereocenters. The number of hydrogen-bond donors (Lipinski definition) is 2. The topological polar surface area (TPSA) is 107 Å². The number of carbonyl (C=O) groups is 1. The normalized spacial score (nSPS) is 12.7. The van der Waals surface area contributed by atoms with E-state index >= 15 is 0 Å². The molecular weight excluding hydrogens is 256 g/mol. The molecule has 0 aliphatic rings. The summed E-state index contributed by atoms with van der Waals surface area (Å²) in [5, 5.41) is 16.2. The number of carboxylic acid groups (broad SMARTS) is 1. The van der Waals surface area contributed by atoms with Crippen LogP contribution >= 0.6 is 0 Å². The van der Waals surface area contributed by atoms with Gasteiger partial charge in [-0.15, -0.1) is 0 Å². The molecule has 2 N–H and O–H groups in total. The Morgan fingerprint density at radius 2 is 2.22 bits per heavy atom. The summed E-state index contributed by atoms with van der Waals surface area (Å²) in [7, 11) is -3.70. The Bertz CT molecular complexity index is 589. The van der Waals surface area contributed by atoms with Gasteiger partial charge in [-0.3, -0.25) is 0 Å². The molecule has 0 aromatic heterocycles. The number of aromatic carboxylic acids is 1. The molecule has 0 amide bonds. The van der Waals surface area contributed by atoms with Gasteiger partial charge in [0, 0.05) is 6.54 Å². The van der Waals surface area contributed by atoms with E-state index in [0.29, 0.717) is 5.56 Å². The van der Waals surface area contributed by atoms with E-state index in [0.717, 1.165) is 0 Å². The van der Waals surface area contributed by atoms with Gasteiger partial charge in [0.1, 0.15) is 0 Å². The lowest BCUT2D eigenvalue weighted by Gasteiger charge is -2.08. The molecule has 1 aromatic rings. The number of nitrogens with one attached hydrogen (secondary N) is 1. The van der Waals surface area contributed by atoms with E-state index in [9.17, 15) is 13.2 Å². The molecule has 0 saturated heterocycles. The summed E-state index contributed by atoms with van der Waals surface area (Å²) in [5.41, 5.74) is 0.601. The lowest BCUT2D eigenvalue weighted by molar-refractivity contribution is 0.0696. The van der Waals surface area contributed by atoms with Crippen LogP contribution in [0.3, 0.4) is 0 Å². The average Bonchev–Trinajstić information content (AvgIpc) is 2.35. The molecule has 6 nitrogen and oxygen atoms in total. The van der Waals surface area contributed by atoms with Gasteiger partial charge in [-0.2, -0.15) is 5.26 Å². The van der Waals surface area contributed by atoms with E-state index < -0.39 is 21.2 Å². The van der Waals surface area contributed by atoms with Gasteiger partial charge < -0.3 is 5.11 Å². The van der Waals surface area contributed by atoms with Crippen molar-refractivity contribution < 1.29 is 18.3 Å². The second-order valence-corrected chi connectivity index (χ2v) is 5.73. The third-order valence-electron chi connectivity index (χ3n) is 2.30. The quantitative estimate of drug-likeness (QED) is 0.818. The van der Waals surface area contributed by atoms with Crippen LogP contribution in [0.2, 0.25) is 0 Å². The zero-order valence-corrected chi connectivity index (χ0v) is 10.4. The van der Waals surface area contributed by atoms with Crippen LogP contribution in [0.15, 0.2) is 24.3 Å². The maximum absolute atomic E-state index is 11.5. The molecule has 1 rings (SSSR count). The van der Waals surface area contributed by atoms with Gasteiger partial charge in [0.15, 0.2) is 5.25 Å². The van der Waals surface area contributed by atoms with E-state index in [-0.39, 0.29) is 12.1 Å². The van der Waals surface area contributed by atoms with Crippen molar-refractivity contribution in [2.24, 2.45) is 0 Å². The number of carboxylic acids is 1. The van der Waals surface area contributed by atoms with Crippen molar-refractivity contribution in [2.75, 3.05) is 0 Å². The van der Waals surface area contributed by atoms with Crippen LogP contribution in [0.25, 0.3) is 0 Å². The van der Waals surface area contributed by atoms with Crippen molar-refractivity contribution in [1.82, 2.24) is 4.72 Å². The molecule has 1 aromatic carbocycles. The van der Waals surface area contributed by atoms with Crippen LogP contribution in [-0.4, -0.2) is 24.7 Å². The molecule has 0 aliphatic heterocycles. The number of benzene rings is 1. The second-order valence-electron chi connectivity index (χ2n) is 3.64. The Kier molecular flexibility index (Phi) is 4.42. The van der Waals surface area contributed by atoms with E-state index in [4.69, 9.17) is 10.4 Å². The first-order chi connectivity index (χ1) is 8.36. The fourth-order valence-corrected chi connectivity index (χ4v) is 1.95. The zero-order valence-electron chi connectivity index (χ0n) is 9.62.